The molecule has 16 heavy (non-hydrogen) atoms. The standard InChI is InChI=1S/C12H13FN2O/c1-3-4-8(2)15-12(16)9-5-6-11(14)10(13)7-9/h1,5-8H,4,14H2,2H3,(H,15,16). The molecule has 1 aromatic rings. The van der Waals surface area contributed by atoms with E-state index in [0.29, 0.717) is 6.42 Å². The number of rotatable bonds is 3. The van der Waals surface area contributed by atoms with Crippen LogP contribution in [0.1, 0.15) is 23.7 Å². The molecule has 0 heterocycles. The fraction of sp³-hybridized carbons (Fsp3) is 0.250. The minimum atomic E-state index is -0.600. The van der Waals surface area contributed by atoms with Gasteiger partial charge in [-0.2, -0.15) is 0 Å². The predicted molar refractivity (Wildman–Crippen MR) is 61.2 cm³/mol. The van der Waals surface area contributed by atoms with Gasteiger partial charge in [0.25, 0.3) is 5.91 Å². The Hall–Kier alpha value is -2.02. The lowest BCUT2D eigenvalue weighted by Gasteiger charge is -2.11. The first-order valence-corrected chi connectivity index (χ1v) is 4.84. The van der Waals surface area contributed by atoms with Crippen LogP contribution >= 0.6 is 0 Å². The second-order valence-corrected chi connectivity index (χ2v) is 3.52. The van der Waals surface area contributed by atoms with Gasteiger partial charge in [0, 0.05) is 18.0 Å². The second kappa shape index (κ2) is 5.17. The third kappa shape index (κ3) is 2.99. The third-order valence-corrected chi connectivity index (χ3v) is 2.06. The smallest absolute Gasteiger partial charge is 0.251 e. The third-order valence-electron chi connectivity index (χ3n) is 2.06. The predicted octanol–water partition coefficient (Wildman–Crippen LogP) is 1.55. The van der Waals surface area contributed by atoms with Gasteiger partial charge in [-0.1, -0.05) is 0 Å². The number of anilines is 1. The molecule has 1 atom stereocenters. The van der Waals surface area contributed by atoms with Crippen LogP contribution in [0.15, 0.2) is 18.2 Å². The fourth-order valence-electron chi connectivity index (χ4n) is 1.20. The first-order chi connectivity index (χ1) is 7.54. The Balaban J connectivity index is 2.74. The summed E-state index contributed by atoms with van der Waals surface area (Å²) in [5.74, 6) is 1.48. The van der Waals surface area contributed by atoms with Gasteiger partial charge in [0.05, 0.1) is 5.69 Å². The number of benzene rings is 1. The summed E-state index contributed by atoms with van der Waals surface area (Å²) in [6.07, 6.45) is 5.54. The van der Waals surface area contributed by atoms with Gasteiger partial charge in [-0.15, -0.1) is 12.3 Å². The van der Waals surface area contributed by atoms with Crippen LogP contribution in [0.2, 0.25) is 0 Å². The van der Waals surface area contributed by atoms with Crippen molar-refractivity contribution in [3.63, 3.8) is 0 Å². The first-order valence-electron chi connectivity index (χ1n) is 4.84. The number of nitrogen functional groups attached to an aromatic ring is 1. The van der Waals surface area contributed by atoms with Crippen LogP contribution in [0.5, 0.6) is 0 Å². The zero-order chi connectivity index (χ0) is 12.1. The van der Waals surface area contributed by atoms with Crippen LogP contribution in [-0.4, -0.2) is 11.9 Å². The van der Waals surface area contributed by atoms with Crippen LogP contribution in [-0.2, 0) is 0 Å². The minimum absolute atomic E-state index is 0.0215. The molecule has 0 fully saturated rings. The molecule has 1 rings (SSSR count). The number of terminal acetylenes is 1. The molecule has 84 valence electrons. The Morgan fingerprint density at radius 1 is 1.69 bits per heavy atom. The molecule has 1 unspecified atom stereocenters. The van der Waals surface area contributed by atoms with Crippen molar-refractivity contribution in [1.29, 1.82) is 0 Å². The van der Waals surface area contributed by atoms with Crippen LogP contribution in [0.4, 0.5) is 10.1 Å². The van der Waals surface area contributed by atoms with E-state index in [9.17, 15) is 9.18 Å². The van der Waals surface area contributed by atoms with Gasteiger partial charge in [-0.25, -0.2) is 4.39 Å². The highest BCUT2D eigenvalue weighted by Gasteiger charge is 2.10. The lowest BCUT2D eigenvalue weighted by molar-refractivity contribution is 0.0940. The highest BCUT2D eigenvalue weighted by molar-refractivity contribution is 5.94. The summed E-state index contributed by atoms with van der Waals surface area (Å²) in [6, 6.07) is 3.79. The van der Waals surface area contributed by atoms with Crippen molar-refractivity contribution >= 4 is 11.6 Å². The number of halogens is 1. The number of hydrogen-bond donors (Lipinski definition) is 2. The van der Waals surface area contributed by atoms with E-state index in [1.165, 1.54) is 12.1 Å². The van der Waals surface area contributed by atoms with E-state index in [-0.39, 0.29) is 23.2 Å². The normalized spacial score (nSPS) is 11.6. The molecule has 4 heteroatoms. The maximum atomic E-state index is 13.1. The van der Waals surface area contributed by atoms with Gasteiger partial charge < -0.3 is 11.1 Å². The van der Waals surface area contributed by atoms with Gasteiger partial charge >= 0.3 is 0 Å². The molecular weight excluding hydrogens is 207 g/mol. The molecule has 0 radical (unpaired) electrons. The Kier molecular flexibility index (Phi) is 3.90. The number of carbonyl (C=O) groups is 1. The molecule has 1 aromatic carbocycles. The van der Waals surface area contributed by atoms with E-state index in [0.717, 1.165) is 6.07 Å². The van der Waals surface area contributed by atoms with Crippen molar-refractivity contribution in [2.75, 3.05) is 5.73 Å². The molecule has 0 aromatic heterocycles. The van der Waals surface area contributed by atoms with Gasteiger partial charge in [0.1, 0.15) is 5.82 Å². The zero-order valence-corrected chi connectivity index (χ0v) is 8.96. The lowest BCUT2D eigenvalue weighted by Crippen LogP contribution is -2.32. The summed E-state index contributed by atoms with van der Waals surface area (Å²) in [5, 5.41) is 2.65. The number of hydrogen-bond acceptors (Lipinski definition) is 2. The Morgan fingerprint density at radius 3 is 2.94 bits per heavy atom. The zero-order valence-electron chi connectivity index (χ0n) is 8.96. The maximum absolute atomic E-state index is 13.1. The van der Waals surface area contributed by atoms with Crippen LogP contribution in [0, 0.1) is 18.2 Å². The van der Waals surface area contributed by atoms with Crippen LogP contribution < -0.4 is 11.1 Å². The summed E-state index contributed by atoms with van der Waals surface area (Å²) in [6.45, 7) is 1.78. The van der Waals surface area contributed by atoms with Crippen molar-refractivity contribution in [3.8, 4) is 12.3 Å². The Bertz CT molecular complexity index is 437. The van der Waals surface area contributed by atoms with E-state index in [4.69, 9.17) is 12.2 Å². The summed E-state index contributed by atoms with van der Waals surface area (Å²) >= 11 is 0. The Labute approximate surface area is 93.8 Å². The molecule has 3 N–H and O–H groups in total. The summed E-state index contributed by atoms with van der Waals surface area (Å²) in [7, 11) is 0. The molecule has 0 aliphatic rings. The SMILES string of the molecule is C#CCC(C)NC(=O)c1ccc(N)c(F)c1. The van der Waals surface area contributed by atoms with Gasteiger partial charge in [0.2, 0.25) is 0 Å². The molecule has 3 nitrogen and oxygen atoms in total. The Morgan fingerprint density at radius 2 is 2.38 bits per heavy atom. The lowest BCUT2D eigenvalue weighted by atomic mass is 10.1. The van der Waals surface area contributed by atoms with Crippen molar-refractivity contribution in [2.24, 2.45) is 0 Å². The van der Waals surface area contributed by atoms with E-state index in [1.807, 2.05) is 0 Å². The fourth-order valence-corrected chi connectivity index (χ4v) is 1.20. The van der Waals surface area contributed by atoms with Crippen LogP contribution in [0.25, 0.3) is 0 Å². The number of nitrogens with one attached hydrogen (secondary N) is 1. The van der Waals surface area contributed by atoms with E-state index in [2.05, 4.69) is 11.2 Å². The molecule has 1 amide bonds. The average Bonchev–Trinajstić information content (AvgIpc) is 2.22. The molecule has 0 saturated heterocycles. The van der Waals surface area contributed by atoms with E-state index in [1.54, 1.807) is 6.92 Å². The van der Waals surface area contributed by atoms with Crippen molar-refractivity contribution in [3.05, 3.63) is 29.6 Å². The summed E-state index contributed by atoms with van der Waals surface area (Å²) in [4.78, 5) is 11.6. The number of carbonyl (C=O) groups excluding carboxylic acids is 1. The molecule has 0 aliphatic carbocycles. The number of nitrogens with two attached hydrogens (primary N) is 1. The number of amides is 1. The average molecular weight is 220 g/mol. The molecule has 0 aliphatic heterocycles. The van der Waals surface area contributed by atoms with Crippen molar-refractivity contribution in [1.82, 2.24) is 5.32 Å². The maximum Gasteiger partial charge on any atom is 0.251 e. The van der Waals surface area contributed by atoms with Gasteiger partial charge in [-0.05, 0) is 25.1 Å². The highest BCUT2D eigenvalue weighted by Crippen LogP contribution is 2.12. The first kappa shape index (κ1) is 12.1. The van der Waals surface area contributed by atoms with E-state index < -0.39 is 5.82 Å². The summed E-state index contributed by atoms with van der Waals surface area (Å²) < 4.78 is 13.1. The minimum Gasteiger partial charge on any atom is -0.396 e. The van der Waals surface area contributed by atoms with Crippen LogP contribution in [0.3, 0.4) is 0 Å². The van der Waals surface area contributed by atoms with Gasteiger partial charge in [0.15, 0.2) is 0 Å². The largest absolute Gasteiger partial charge is 0.396 e. The topological polar surface area (TPSA) is 55.1 Å². The molecule has 0 saturated carbocycles. The monoisotopic (exact) mass is 220 g/mol. The second-order valence-electron chi connectivity index (χ2n) is 3.52. The van der Waals surface area contributed by atoms with Gasteiger partial charge in [-0.3, -0.25) is 4.79 Å². The summed E-state index contributed by atoms with van der Waals surface area (Å²) in [5.41, 5.74) is 5.56. The molecular formula is C12H13FN2O. The molecule has 0 bridgehead atoms. The van der Waals surface area contributed by atoms with E-state index >= 15 is 0 Å². The highest BCUT2D eigenvalue weighted by atomic mass is 19.1. The van der Waals surface area contributed by atoms with Crippen molar-refractivity contribution in [2.45, 2.75) is 19.4 Å². The molecule has 0 spiro atoms. The van der Waals surface area contributed by atoms with Crippen molar-refractivity contribution < 1.29 is 9.18 Å². The quantitative estimate of drug-likeness (QED) is 0.599.